The number of para-hydroxylation sites is 1. The highest BCUT2D eigenvalue weighted by Gasteiger charge is 2.26. The van der Waals surface area contributed by atoms with Gasteiger partial charge in [0, 0.05) is 11.1 Å². The summed E-state index contributed by atoms with van der Waals surface area (Å²) < 4.78 is 1.21. The predicted octanol–water partition coefficient (Wildman–Crippen LogP) is 4.52. The highest BCUT2D eigenvalue weighted by molar-refractivity contribution is 7.20. The molecule has 8 nitrogen and oxygen atoms in total. The Bertz CT molecular complexity index is 1310. The molecular formula is C22H22N6O2S. The Morgan fingerprint density at radius 2 is 1.81 bits per heavy atom. The molecule has 0 saturated heterocycles. The zero-order valence-corrected chi connectivity index (χ0v) is 18.5. The molecule has 0 spiro atoms. The summed E-state index contributed by atoms with van der Waals surface area (Å²) in [5, 5.41) is 15.9. The van der Waals surface area contributed by atoms with Crippen LogP contribution in [0.4, 0.5) is 21.3 Å². The fraction of sp³-hybridized carbons (Fsp3) is 0.227. The predicted molar refractivity (Wildman–Crippen MR) is 122 cm³/mol. The Hall–Kier alpha value is -3.59. The molecule has 2 aromatic carbocycles. The van der Waals surface area contributed by atoms with E-state index in [2.05, 4.69) is 20.6 Å². The molecule has 2 aromatic heterocycles. The minimum Gasteiger partial charge on any atom is -0.307 e. The molecule has 0 radical (unpaired) electrons. The summed E-state index contributed by atoms with van der Waals surface area (Å²) in [6.45, 7) is 7.63. The second-order valence-corrected chi connectivity index (χ2v) is 9.09. The van der Waals surface area contributed by atoms with Gasteiger partial charge in [0.15, 0.2) is 0 Å². The van der Waals surface area contributed by atoms with Gasteiger partial charge in [-0.3, -0.25) is 4.79 Å². The zero-order chi connectivity index (χ0) is 22.2. The summed E-state index contributed by atoms with van der Waals surface area (Å²) in [6, 6.07) is 16.3. The number of aryl methyl sites for hydroxylation is 1. The summed E-state index contributed by atoms with van der Waals surface area (Å²) in [5.41, 5.74) is 1.81. The van der Waals surface area contributed by atoms with Gasteiger partial charge in [-0.1, -0.05) is 62.4 Å². The molecule has 2 heterocycles. The van der Waals surface area contributed by atoms with Crippen molar-refractivity contribution >= 4 is 38.8 Å². The Morgan fingerprint density at radius 3 is 2.48 bits per heavy atom. The molecular weight excluding hydrogens is 412 g/mol. The number of amides is 2. The molecule has 0 saturated carbocycles. The molecule has 2 amide bonds. The molecule has 0 atom stereocenters. The maximum atomic E-state index is 13.3. The monoisotopic (exact) mass is 434 g/mol. The fourth-order valence-corrected chi connectivity index (χ4v) is 3.92. The van der Waals surface area contributed by atoms with E-state index in [4.69, 9.17) is 0 Å². The van der Waals surface area contributed by atoms with E-state index in [0.717, 1.165) is 16.9 Å². The highest BCUT2D eigenvalue weighted by atomic mass is 32.1. The van der Waals surface area contributed by atoms with E-state index >= 15 is 0 Å². The van der Waals surface area contributed by atoms with Crippen LogP contribution in [0.2, 0.25) is 0 Å². The number of fused-ring (bicyclic) bond motifs is 1. The maximum Gasteiger partial charge on any atom is 0.332 e. The summed E-state index contributed by atoms with van der Waals surface area (Å²) >= 11 is 1.12. The third kappa shape index (κ3) is 4.17. The van der Waals surface area contributed by atoms with E-state index in [-0.39, 0.29) is 5.56 Å². The van der Waals surface area contributed by atoms with Crippen molar-refractivity contribution in [3.63, 3.8) is 0 Å². The van der Waals surface area contributed by atoms with Crippen molar-refractivity contribution in [2.24, 2.45) is 0 Å². The first kappa shape index (κ1) is 20.7. The van der Waals surface area contributed by atoms with Gasteiger partial charge in [0.1, 0.15) is 5.69 Å². The molecule has 4 rings (SSSR count). The van der Waals surface area contributed by atoms with E-state index in [9.17, 15) is 9.59 Å². The number of carbonyl (C=O) groups excluding carboxylic acids is 1. The van der Waals surface area contributed by atoms with Crippen molar-refractivity contribution in [2.75, 3.05) is 10.2 Å². The van der Waals surface area contributed by atoms with Gasteiger partial charge in [-0.15, -0.1) is 15.3 Å². The first-order chi connectivity index (χ1) is 14.7. The van der Waals surface area contributed by atoms with Crippen LogP contribution in [0.5, 0.6) is 0 Å². The van der Waals surface area contributed by atoms with Gasteiger partial charge in [0.05, 0.1) is 5.69 Å². The molecule has 0 aliphatic carbocycles. The van der Waals surface area contributed by atoms with Gasteiger partial charge < -0.3 is 5.32 Å². The van der Waals surface area contributed by atoms with Crippen molar-refractivity contribution in [3.8, 4) is 0 Å². The molecule has 0 bridgehead atoms. The second-order valence-electron chi connectivity index (χ2n) is 8.15. The standard InChI is InChI=1S/C22H22N6O2S/c1-14-9-8-10-15(13-14)23-19(30)27(16-11-6-5-7-12-16)21-26-28-18(29)17(22(2,3)4)24-25-20(28)31-21/h5-13H,1-4H3,(H,23,30). The van der Waals surface area contributed by atoms with Gasteiger partial charge in [0.2, 0.25) is 10.1 Å². The van der Waals surface area contributed by atoms with E-state index in [1.807, 2.05) is 70.2 Å². The lowest BCUT2D eigenvalue weighted by Gasteiger charge is -2.20. The molecule has 4 aromatic rings. The van der Waals surface area contributed by atoms with E-state index in [1.165, 1.54) is 9.42 Å². The largest absolute Gasteiger partial charge is 0.332 e. The van der Waals surface area contributed by atoms with Crippen molar-refractivity contribution < 1.29 is 4.79 Å². The Morgan fingerprint density at radius 1 is 1.06 bits per heavy atom. The molecule has 0 aliphatic heterocycles. The lowest BCUT2D eigenvalue weighted by Crippen LogP contribution is -2.32. The van der Waals surface area contributed by atoms with Crippen LogP contribution in [0.25, 0.3) is 4.96 Å². The third-order valence-corrected chi connectivity index (χ3v) is 5.45. The second kappa shape index (κ2) is 7.92. The third-order valence-electron chi connectivity index (χ3n) is 4.57. The van der Waals surface area contributed by atoms with Crippen LogP contribution >= 0.6 is 11.3 Å². The average Bonchev–Trinajstić information content (AvgIpc) is 3.13. The van der Waals surface area contributed by atoms with E-state index < -0.39 is 11.4 Å². The summed E-state index contributed by atoms with van der Waals surface area (Å²) in [7, 11) is 0. The molecule has 1 N–H and O–H groups in total. The van der Waals surface area contributed by atoms with E-state index in [1.54, 1.807) is 12.1 Å². The van der Waals surface area contributed by atoms with Crippen LogP contribution < -0.4 is 15.8 Å². The number of benzene rings is 2. The topological polar surface area (TPSA) is 92.5 Å². The van der Waals surface area contributed by atoms with Crippen molar-refractivity contribution in [2.45, 2.75) is 33.1 Å². The average molecular weight is 435 g/mol. The number of hydrogen-bond donors (Lipinski definition) is 1. The van der Waals surface area contributed by atoms with Crippen LogP contribution in [0.1, 0.15) is 32.0 Å². The fourth-order valence-electron chi connectivity index (χ4n) is 3.06. The quantitative estimate of drug-likeness (QED) is 0.512. The number of rotatable bonds is 3. The number of nitrogens with one attached hydrogen (secondary N) is 1. The lowest BCUT2D eigenvalue weighted by molar-refractivity contribution is 0.259. The van der Waals surface area contributed by atoms with Crippen LogP contribution in [0.15, 0.2) is 59.4 Å². The first-order valence-electron chi connectivity index (χ1n) is 9.74. The highest BCUT2D eigenvalue weighted by Crippen LogP contribution is 2.30. The Balaban J connectivity index is 1.80. The van der Waals surface area contributed by atoms with Gasteiger partial charge >= 0.3 is 6.03 Å². The number of aromatic nitrogens is 4. The number of urea groups is 1. The normalized spacial score (nSPS) is 11.5. The van der Waals surface area contributed by atoms with Crippen molar-refractivity contribution in [3.05, 3.63) is 76.2 Å². The van der Waals surface area contributed by atoms with Gasteiger partial charge in [-0.25, -0.2) is 9.69 Å². The molecule has 0 unspecified atom stereocenters. The molecule has 31 heavy (non-hydrogen) atoms. The van der Waals surface area contributed by atoms with Crippen LogP contribution in [0.3, 0.4) is 0 Å². The molecule has 9 heteroatoms. The first-order valence-corrected chi connectivity index (χ1v) is 10.6. The summed E-state index contributed by atoms with van der Waals surface area (Å²) in [4.78, 5) is 27.9. The number of nitrogens with zero attached hydrogens (tertiary/aromatic N) is 5. The Kier molecular flexibility index (Phi) is 5.28. The van der Waals surface area contributed by atoms with Crippen molar-refractivity contribution in [1.82, 2.24) is 19.8 Å². The maximum absolute atomic E-state index is 13.3. The van der Waals surface area contributed by atoms with Gasteiger partial charge in [-0.2, -0.15) is 4.52 Å². The van der Waals surface area contributed by atoms with Crippen LogP contribution in [-0.4, -0.2) is 25.8 Å². The minimum atomic E-state index is -0.475. The zero-order valence-electron chi connectivity index (χ0n) is 17.7. The SMILES string of the molecule is Cc1cccc(NC(=O)N(c2ccccc2)c2nn3c(=O)c(C(C)(C)C)nnc3s2)c1. The minimum absolute atomic E-state index is 0.314. The summed E-state index contributed by atoms with van der Waals surface area (Å²) in [6.07, 6.45) is 0. The van der Waals surface area contributed by atoms with Gasteiger partial charge in [0.25, 0.3) is 5.56 Å². The van der Waals surface area contributed by atoms with E-state index in [0.29, 0.717) is 27.2 Å². The van der Waals surface area contributed by atoms with Crippen LogP contribution in [-0.2, 0) is 5.41 Å². The Labute approximate surface area is 183 Å². The molecule has 0 aliphatic rings. The number of hydrogen-bond acceptors (Lipinski definition) is 6. The number of anilines is 3. The smallest absolute Gasteiger partial charge is 0.307 e. The molecule has 0 fully saturated rings. The van der Waals surface area contributed by atoms with Crippen LogP contribution in [0, 0.1) is 6.92 Å². The molecule has 158 valence electrons. The van der Waals surface area contributed by atoms with Crippen molar-refractivity contribution in [1.29, 1.82) is 0 Å². The lowest BCUT2D eigenvalue weighted by atomic mass is 9.93. The number of carbonyl (C=O) groups is 1. The summed E-state index contributed by atoms with van der Waals surface area (Å²) in [5.74, 6) is 0. The van der Waals surface area contributed by atoms with Gasteiger partial charge in [-0.05, 0) is 36.8 Å².